The van der Waals surface area contributed by atoms with Crippen molar-refractivity contribution in [2.75, 3.05) is 0 Å². The molecule has 1 atom stereocenters. The molecule has 2 rings (SSSR count). The zero-order chi connectivity index (χ0) is 17.5. The van der Waals surface area contributed by atoms with E-state index in [0.29, 0.717) is 28.8 Å². The molecule has 0 aliphatic rings. The topological polar surface area (TPSA) is 29.1 Å². The quantitative estimate of drug-likeness (QED) is 0.658. The first-order chi connectivity index (χ1) is 11.5. The third kappa shape index (κ3) is 5.54. The van der Waals surface area contributed by atoms with Crippen molar-refractivity contribution in [3.63, 3.8) is 0 Å². The molecular formula is C20H23Cl2NO. The van der Waals surface area contributed by atoms with E-state index in [0.717, 1.165) is 17.5 Å². The van der Waals surface area contributed by atoms with E-state index in [1.807, 2.05) is 24.3 Å². The molecule has 24 heavy (non-hydrogen) atoms. The number of hydrogen-bond acceptors (Lipinski definition) is 1. The molecule has 0 fully saturated rings. The fraction of sp³-hybridized carbons (Fsp3) is 0.350. The largest absolute Gasteiger partial charge is 0.349 e. The van der Waals surface area contributed by atoms with Crippen LogP contribution in [0.3, 0.4) is 0 Å². The van der Waals surface area contributed by atoms with Gasteiger partial charge in [0, 0.05) is 16.5 Å². The Labute approximate surface area is 154 Å². The van der Waals surface area contributed by atoms with Crippen LogP contribution in [0.25, 0.3) is 0 Å². The molecule has 2 aromatic rings. The van der Waals surface area contributed by atoms with Gasteiger partial charge in [-0.25, -0.2) is 0 Å². The van der Waals surface area contributed by atoms with Gasteiger partial charge in [0.05, 0.1) is 6.04 Å². The molecule has 0 spiro atoms. The van der Waals surface area contributed by atoms with Crippen molar-refractivity contribution in [3.05, 3.63) is 69.7 Å². The monoisotopic (exact) mass is 363 g/mol. The Kier molecular flexibility index (Phi) is 7.14. The molecule has 0 aliphatic carbocycles. The lowest BCUT2D eigenvalue weighted by Gasteiger charge is -2.21. The van der Waals surface area contributed by atoms with Crippen LogP contribution in [0.1, 0.15) is 43.9 Å². The predicted molar refractivity (Wildman–Crippen MR) is 102 cm³/mol. The van der Waals surface area contributed by atoms with Gasteiger partial charge in [0.1, 0.15) is 0 Å². The summed E-state index contributed by atoms with van der Waals surface area (Å²) in [6, 6.07) is 15.5. The first-order valence-electron chi connectivity index (χ1n) is 8.24. The SMILES string of the molecule is CC(C)C[C@@H](NC(=O)CCc1c(Cl)cccc1Cl)c1ccccc1. The molecule has 0 saturated heterocycles. The molecular weight excluding hydrogens is 341 g/mol. The molecule has 0 saturated carbocycles. The predicted octanol–water partition coefficient (Wildman–Crippen LogP) is 5.83. The van der Waals surface area contributed by atoms with Crippen molar-refractivity contribution in [1.82, 2.24) is 5.32 Å². The summed E-state index contributed by atoms with van der Waals surface area (Å²) in [5.74, 6) is 0.508. The second kappa shape index (κ2) is 9.10. The van der Waals surface area contributed by atoms with Gasteiger partial charge < -0.3 is 5.32 Å². The molecule has 0 unspecified atom stereocenters. The van der Waals surface area contributed by atoms with Crippen molar-refractivity contribution < 1.29 is 4.79 Å². The number of nitrogens with one attached hydrogen (secondary N) is 1. The summed E-state index contributed by atoms with van der Waals surface area (Å²) in [6.07, 6.45) is 1.81. The first kappa shape index (κ1) is 18.8. The molecule has 2 nitrogen and oxygen atoms in total. The number of carbonyl (C=O) groups excluding carboxylic acids is 1. The van der Waals surface area contributed by atoms with Gasteiger partial charge in [-0.2, -0.15) is 0 Å². The summed E-state index contributed by atoms with van der Waals surface area (Å²) in [7, 11) is 0. The number of amides is 1. The van der Waals surface area contributed by atoms with Gasteiger partial charge in [0.2, 0.25) is 5.91 Å². The van der Waals surface area contributed by atoms with Crippen LogP contribution >= 0.6 is 23.2 Å². The van der Waals surface area contributed by atoms with Crippen LogP contribution in [-0.4, -0.2) is 5.91 Å². The van der Waals surface area contributed by atoms with Crippen LogP contribution in [0.4, 0.5) is 0 Å². The summed E-state index contributed by atoms with van der Waals surface area (Å²) >= 11 is 12.3. The lowest BCUT2D eigenvalue weighted by molar-refractivity contribution is -0.121. The molecule has 1 N–H and O–H groups in total. The first-order valence-corrected chi connectivity index (χ1v) is 9.00. The standard InChI is InChI=1S/C20H23Cl2NO/c1-14(2)13-19(15-7-4-3-5-8-15)23-20(24)12-11-16-17(21)9-6-10-18(16)22/h3-10,14,19H,11-13H2,1-2H3,(H,23,24)/t19-/m1/s1. The van der Waals surface area contributed by atoms with Crippen LogP contribution in [-0.2, 0) is 11.2 Å². The third-order valence-corrected chi connectivity index (χ3v) is 4.62. The van der Waals surface area contributed by atoms with Crippen molar-refractivity contribution in [2.45, 2.75) is 39.2 Å². The lowest BCUT2D eigenvalue weighted by atomic mass is 9.96. The average Bonchev–Trinajstić information content (AvgIpc) is 2.54. The van der Waals surface area contributed by atoms with E-state index in [-0.39, 0.29) is 11.9 Å². The number of rotatable bonds is 7. The van der Waals surface area contributed by atoms with Crippen molar-refractivity contribution in [1.29, 1.82) is 0 Å². The van der Waals surface area contributed by atoms with E-state index in [9.17, 15) is 4.79 Å². The zero-order valence-electron chi connectivity index (χ0n) is 14.1. The Hall–Kier alpha value is -1.51. The number of carbonyl (C=O) groups is 1. The highest BCUT2D eigenvalue weighted by Crippen LogP contribution is 2.26. The Bertz CT molecular complexity index is 650. The summed E-state index contributed by atoms with van der Waals surface area (Å²) in [4.78, 5) is 12.4. The molecule has 2 aromatic carbocycles. The molecule has 128 valence electrons. The maximum absolute atomic E-state index is 12.4. The number of halogens is 2. The van der Waals surface area contributed by atoms with Crippen LogP contribution < -0.4 is 5.32 Å². The van der Waals surface area contributed by atoms with E-state index in [1.54, 1.807) is 12.1 Å². The van der Waals surface area contributed by atoms with E-state index in [2.05, 4.69) is 31.3 Å². The van der Waals surface area contributed by atoms with E-state index < -0.39 is 0 Å². The van der Waals surface area contributed by atoms with E-state index in [1.165, 1.54) is 0 Å². The summed E-state index contributed by atoms with van der Waals surface area (Å²) < 4.78 is 0. The van der Waals surface area contributed by atoms with Crippen molar-refractivity contribution in [2.24, 2.45) is 5.92 Å². The van der Waals surface area contributed by atoms with Gasteiger partial charge in [-0.1, -0.05) is 73.4 Å². The average molecular weight is 364 g/mol. The fourth-order valence-electron chi connectivity index (χ4n) is 2.71. The Morgan fingerprint density at radius 3 is 2.21 bits per heavy atom. The van der Waals surface area contributed by atoms with Crippen LogP contribution in [0, 0.1) is 5.92 Å². The van der Waals surface area contributed by atoms with Crippen molar-refractivity contribution >= 4 is 29.1 Å². The normalized spacial score (nSPS) is 12.2. The minimum absolute atomic E-state index is 0.0143. The van der Waals surface area contributed by atoms with Gasteiger partial charge in [-0.3, -0.25) is 4.79 Å². The second-order valence-corrected chi connectivity index (χ2v) is 7.17. The van der Waals surface area contributed by atoms with Crippen molar-refractivity contribution in [3.8, 4) is 0 Å². The zero-order valence-corrected chi connectivity index (χ0v) is 15.6. The summed E-state index contributed by atoms with van der Waals surface area (Å²) in [6.45, 7) is 4.32. The Morgan fingerprint density at radius 1 is 1.00 bits per heavy atom. The fourth-order valence-corrected chi connectivity index (χ4v) is 3.30. The molecule has 0 bridgehead atoms. The Morgan fingerprint density at radius 2 is 1.62 bits per heavy atom. The smallest absolute Gasteiger partial charge is 0.220 e. The van der Waals surface area contributed by atoms with Gasteiger partial charge in [-0.05, 0) is 42.0 Å². The second-order valence-electron chi connectivity index (χ2n) is 6.36. The van der Waals surface area contributed by atoms with E-state index in [4.69, 9.17) is 23.2 Å². The molecule has 1 amide bonds. The van der Waals surface area contributed by atoms with Crippen LogP contribution in [0.15, 0.2) is 48.5 Å². The van der Waals surface area contributed by atoms with Gasteiger partial charge in [-0.15, -0.1) is 0 Å². The minimum Gasteiger partial charge on any atom is -0.349 e. The highest BCUT2D eigenvalue weighted by Gasteiger charge is 2.16. The molecule has 0 aliphatic heterocycles. The lowest BCUT2D eigenvalue weighted by Crippen LogP contribution is -2.29. The summed E-state index contributed by atoms with van der Waals surface area (Å²) in [5, 5.41) is 4.37. The number of hydrogen-bond donors (Lipinski definition) is 1. The molecule has 4 heteroatoms. The van der Waals surface area contributed by atoms with Crippen LogP contribution in [0.5, 0.6) is 0 Å². The van der Waals surface area contributed by atoms with Gasteiger partial charge in [0.25, 0.3) is 0 Å². The maximum atomic E-state index is 12.4. The third-order valence-electron chi connectivity index (χ3n) is 3.91. The maximum Gasteiger partial charge on any atom is 0.220 e. The van der Waals surface area contributed by atoms with E-state index >= 15 is 0 Å². The molecule has 0 aromatic heterocycles. The van der Waals surface area contributed by atoms with Gasteiger partial charge in [0.15, 0.2) is 0 Å². The highest BCUT2D eigenvalue weighted by atomic mass is 35.5. The Balaban J connectivity index is 2.00. The van der Waals surface area contributed by atoms with Gasteiger partial charge >= 0.3 is 0 Å². The highest BCUT2D eigenvalue weighted by molar-refractivity contribution is 6.36. The van der Waals surface area contributed by atoms with Crippen LogP contribution in [0.2, 0.25) is 10.0 Å². The molecule has 0 heterocycles. The molecule has 0 radical (unpaired) electrons. The number of benzene rings is 2. The summed E-state index contributed by atoms with van der Waals surface area (Å²) in [5.41, 5.74) is 1.96. The minimum atomic E-state index is 0.0143.